The quantitative estimate of drug-likeness (QED) is 0.513. The van der Waals surface area contributed by atoms with Crippen LogP contribution < -0.4 is 14.5 Å². The Kier molecular flexibility index (Phi) is 6.79. The van der Waals surface area contributed by atoms with Gasteiger partial charge < -0.3 is 14.9 Å². The molecule has 7 nitrogen and oxygen atoms in total. The molecule has 0 aliphatic carbocycles. The Balaban J connectivity index is 1.51. The highest BCUT2D eigenvalue weighted by Gasteiger charge is 2.23. The second-order valence-electron chi connectivity index (χ2n) is 8.68. The van der Waals surface area contributed by atoms with Crippen LogP contribution in [0, 0.1) is 0 Å². The number of anilines is 3. The maximum Gasteiger partial charge on any atom is 0.337 e. The van der Waals surface area contributed by atoms with Gasteiger partial charge in [-0.05, 0) is 53.9 Å². The van der Waals surface area contributed by atoms with Gasteiger partial charge in [-0.1, -0.05) is 44.2 Å². The van der Waals surface area contributed by atoms with Crippen LogP contribution in [0.2, 0.25) is 0 Å². The van der Waals surface area contributed by atoms with Crippen molar-refractivity contribution in [1.82, 2.24) is 0 Å². The number of hydrogen-bond donors (Lipinski definition) is 2. The van der Waals surface area contributed by atoms with Gasteiger partial charge in [-0.3, -0.25) is 4.72 Å². The topological polar surface area (TPSA) is 90.0 Å². The number of para-hydroxylation sites is 1. The molecule has 1 heterocycles. The second-order valence-corrected chi connectivity index (χ2v) is 10.4. The van der Waals surface area contributed by atoms with Gasteiger partial charge in [-0.2, -0.15) is 0 Å². The molecule has 0 aromatic heterocycles. The van der Waals surface area contributed by atoms with Crippen LogP contribution in [0.25, 0.3) is 0 Å². The van der Waals surface area contributed by atoms with Gasteiger partial charge in [0.15, 0.2) is 0 Å². The molecule has 178 valence electrons. The van der Waals surface area contributed by atoms with Crippen LogP contribution in [0.4, 0.5) is 17.1 Å². The first kappa shape index (κ1) is 23.6. The number of nitrogens with one attached hydrogen (secondary N) is 1. The van der Waals surface area contributed by atoms with Gasteiger partial charge in [0, 0.05) is 37.6 Å². The normalized spacial score (nSPS) is 14.3. The van der Waals surface area contributed by atoms with E-state index in [0.29, 0.717) is 24.7 Å². The van der Waals surface area contributed by atoms with Gasteiger partial charge in [0.25, 0.3) is 10.0 Å². The molecule has 2 N–H and O–H groups in total. The van der Waals surface area contributed by atoms with Crippen LogP contribution in [0.1, 0.15) is 35.7 Å². The van der Waals surface area contributed by atoms with E-state index in [-0.39, 0.29) is 16.1 Å². The lowest BCUT2D eigenvalue weighted by molar-refractivity contribution is 0.0697. The number of piperazine rings is 1. The molecule has 1 saturated heterocycles. The van der Waals surface area contributed by atoms with Crippen molar-refractivity contribution in [2.75, 3.05) is 40.7 Å². The average Bonchev–Trinajstić information content (AvgIpc) is 2.84. The molecule has 0 spiro atoms. The third-order valence-electron chi connectivity index (χ3n) is 6.08. The highest BCUT2D eigenvalue weighted by Crippen LogP contribution is 2.28. The zero-order valence-corrected chi connectivity index (χ0v) is 20.1. The number of benzene rings is 3. The van der Waals surface area contributed by atoms with Gasteiger partial charge >= 0.3 is 5.97 Å². The minimum atomic E-state index is -3.84. The maximum absolute atomic E-state index is 12.8. The number of carbonyl (C=O) groups is 1. The predicted octanol–water partition coefficient (Wildman–Crippen LogP) is 4.64. The zero-order chi connectivity index (χ0) is 24.3. The molecule has 8 heteroatoms. The van der Waals surface area contributed by atoms with E-state index in [1.54, 1.807) is 36.4 Å². The number of sulfonamides is 1. The van der Waals surface area contributed by atoms with Gasteiger partial charge in [0.1, 0.15) is 0 Å². The lowest BCUT2D eigenvalue weighted by atomic mass is 10.0. The van der Waals surface area contributed by atoms with Gasteiger partial charge in [-0.25, -0.2) is 13.2 Å². The number of nitrogens with zero attached hydrogens (tertiary/aromatic N) is 2. The summed E-state index contributed by atoms with van der Waals surface area (Å²) in [6.45, 7) is 6.95. The fourth-order valence-electron chi connectivity index (χ4n) is 4.14. The third kappa shape index (κ3) is 5.17. The van der Waals surface area contributed by atoms with Crippen molar-refractivity contribution in [3.05, 3.63) is 83.9 Å². The Morgan fingerprint density at radius 1 is 0.882 bits per heavy atom. The zero-order valence-electron chi connectivity index (χ0n) is 19.3. The molecule has 3 aromatic rings. The SMILES string of the molecule is CC(C)c1ccc(S(=O)(=O)Nc2ccc(N3CCN(c4ccccc4)CC3)c(C(=O)O)c2)cc1. The maximum atomic E-state index is 12.8. The Bertz CT molecular complexity index is 1250. The summed E-state index contributed by atoms with van der Waals surface area (Å²) in [6.07, 6.45) is 0. The number of carboxylic acids is 1. The summed E-state index contributed by atoms with van der Waals surface area (Å²) in [7, 11) is -3.84. The minimum absolute atomic E-state index is 0.0727. The Hall–Kier alpha value is -3.52. The molecule has 0 saturated carbocycles. The molecule has 0 unspecified atom stereocenters. The Labute approximate surface area is 200 Å². The smallest absolute Gasteiger partial charge is 0.337 e. The van der Waals surface area contributed by atoms with Crippen LogP contribution in [0.15, 0.2) is 77.7 Å². The second kappa shape index (κ2) is 9.77. The lowest BCUT2D eigenvalue weighted by Gasteiger charge is -2.38. The van der Waals surface area contributed by atoms with E-state index in [2.05, 4.69) is 21.8 Å². The van der Waals surface area contributed by atoms with Crippen molar-refractivity contribution >= 4 is 33.1 Å². The molecule has 1 aliphatic rings. The predicted molar refractivity (Wildman–Crippen MR) is 136 cm³/mol. The number of hydrogen-bond acceptors (Lipinski definition) is 5. The number of carboxylic acid groups (broad SMARTS) is 1. The van der Waals surface area contributed by atoms with Crippen LogP contribution in [-0.4, -0.2) is 45.7 Å². The number of rotatable bonds is 7. The van der Waals surface area contributed by atoms with E-state index < -0.39 is 16.0 Å². The summed E-state index contributed by atoms with van der Waals surface area (Å²) in [6, 6.07) is 21.5. The first-order valence-electron chi connectivity index (χ1n) is 11.3. The molecule has 0 amide bonds. The van der Waals surface area contributed by atoms with Gasteiger partial charge in [-0.15, -0.1) is 0 Å². The Morgan fingerprint density at radius 3 is 2.09 bits per heavy atom. The van der Waals surface area contributed by atoms with Crippen LogP contribution in [-0.2, 0) is 10.0 Å². The molecular formula is C26H29N3O4S. The summed E-state index contributed by atoms with van der Waals surface area (Å²) in [5.41, 5.74) is 3.07. The van der Waals surface area contributed by atoms with Crippen molar-refractivity contribution in [3.63, 3.8) is 0 Å². The summed E-state index contributed by atoms with van der Waals surface area (Å²) in [5, 5.41) is 9.83. The summed E-state index contributed by atoms with van der Waals surface area (Å²) < 4.78 is 28.2. The minimum Gasteiger partial charge on any atom is -0.478 e. The van der Waals surface area contributed by atoms with Crippen LogP contribution >= 0.6 is 0 Å². The highest BCUT2D eigenvalue weighted by atomic mass is 32.2. The standard InChI is InChI=1S/C26H29N3O4S/c1-19(2)20-8-11-23(12-9-20)34(32,33)27-21-10-13-25(24(18-21)26(30)31)29-16-14-28(15-17-29)22-6-4-3-5-7-22/h3-13,18-19,27H,14-17H2,1-2H3,(H,30,31). The molecule has 3 aromatic carbocycles. The average molecular weight is 480 g/mol. The van der Waals surface area contributed by atoms with E-state index >= 15 is 0 Å². The van der Waals surface area contributed by atoms with E-state index in [1.165, 1.54) is 6.07 Å². The Morgan fingerprint density at radius 2 is 1.50 bits per heavy atom. The third-order valence-corrected chi connectivity index (χ3v) is 7.48. The molecule has 0 atom stereocenters. The largest absolute Gasteiger partial charge is 0.478 e. The molecule has 0 radical (unpaired) electrons. The monoisotopic (exact) mass is 479 g/mol. The van der Waals surface area contributed by atoms with Gasteiger partial charge in [0.05, 0.1) is 16.1 Å². The van der Waals surface area contributed by atoms with Gasteiger partial charge in [0.2, 0.25) is 0 Å². The lowest BCUT2D eigenvalue weighted by Crippen LogP contribution is -2.47. The highest BCUT2D eigenvalue weighted by molar-refractivity contribution is 7.92. The number of aromatic carboxylic acids is 1. The molecule has 34 heavy (non-hydrogen) atoms. The van der Waals surface area contributed by atoms with Crippen LogP contribution in [0.5, 0.6) is 0 Å². The van der Waals surface area contributed by atoms with E-state index in [4.69, 9.17) is 0 Å². The van der Waals surface area contributed by atoms with Crippen molar-refractivity contribution in [3.8, 4) is 0 Å². The summed E-state index contributed by atoms with van der Waals surface area (Å²) in [5.74, 6) is -0.798. The fraction of sp³-hybridized carbons (Fsp3) is 0.269. The van der Waals surface area contributed by atoms with E-state index in [0.717, 1.165) is 24.3 Å². The van der Waals surface area contributed by atoms with E-state index in [9.17, 15) is 18.3 Å². The fourth-order valence-corrected chi connectivity index (χ4v) is 5.19. The van der Waals surface area contributed by atoms with Crippen molar-refractivity contribution in [2.24, 2.45) is 0 Å². The molecule has 1 fully saturated rings. The molecular weight excluding hydrogens is 450 g/mol. The van der Waals surface area contributed by atoms with E-state index in [1.807, 2.05) is 36.9 Å². The van der Waals surface area contributed by atoms with Crippen LogP contribution in [0.3, 0.4) is 0 Å². The molecule has 4 rings (SSSR count). The summed E-state index contributed by atoms with van der Waals surface area (Å²) >= 11 is 0. The molecule has 1 aliphatic heterocycles. The summed E-state index contributed by atoms with van der Waals surface area (Å²) in [4.78, 5) is 16.5. The van der Waals surface area contributed by atoms with Crippen molar-refractivity contribution in [2.45, 2.75) is 24.7 Å². The first-order chi connectivity index (χ1) is 16.2. The molecule has 0 bridgehead atoms. The van der Waals surface area contributed by atoms with Crippen molar-refractivity contribution in [1.29, 1.82) is 0 Å². The first-order valence-corrected chi connectivity index (χ1v) is 12.8. The van der Waals surface area contributed by atoms with Crippen molar-refractivity contribution < 1.29 is 18.3 Å².